The predicted molar refractivity (Wildman–Crippen MR) is 131 cm³/mol. The molecule has 0 saturated heterocycles. The molecule has 0 aliphatic heterocycles. The zero-order chi connectivity index (χ0) is 20.4. The number of para-hydroxylation sites is 2. The Bertz CT molecular complexity index is 1620. The summed E-state index contributed by atoms with van der Waals surface area (Å²) in [6.45, 7) is 0. The van der Waals surface area contributed by atoms with E-state index in [-0.39, 0.29) is 20.4 Å². The van der Waals surface area contributed by atoms with Crippen LogP contribution in [0.3, 0.4) is 0 Å². The summed E-state index contributed by atoms with van der Waals surface area (Å²) in [6, 6.07) is 17.3. The summed E-state index contributed by atoms with van der Waals surface area (Å²) in [5, 5.41) is 0. The molecule has 0 unspecified atom stereocenters. The zero-order valence-corrected chi connectivity index (χ0v) is 19.9. The van der Waals surface area contributed by atoms with E-state index in [4.69, 9.17) is 0 Å². The molecule has 0 fully saturated rings. The first-order chi connectivity index (χ1) is 15.3. The summed E-state index contributed by atoms with van der Waals surface area (Å²) in [5.74, 6) is 0. The topological polar surface area (TPSA) is 51.6 Å². The van der Waals surface area contributed by atoms with Crippen LogP contribution in [0.25, 0.3) is 59.2 Å². The maximum atomic E-state index is 4.60. The second kappa shape index (κ2) is 6.91. The molecule has 4 nitrogen and oxygen atoms in total. The minimum absolute atomic E-state index is 0.389. The number of rotatable bonds is 2. The van der Waals surface area contributed by atoms with Crippen molar-refractivity contribution in [1.82, 2.24) is 19.9 Å². The van der Waals surface area contributed by atoms with Crippen molar-refractivity contribution in [3.8, 4) is 20.9 Å². The van der Waals surface area contributed by atoms with Crippen molar-refractivity contribution in [2.45, 2.75) is 0 Å². The van der Waals surface area contributed by atoms with Crippen LogP contribution in [0.4, 0.5) is 0 Å². The zero-order valence-electron chi connectivity index (χ0n) is 15.9. The molecule has 0 radical (unpaired) electrons. The number of hydrogen-bond acceptors (Lipinski definition) is 6. The van der Waals surface area contributed by atoms with Crippen LogP contribution in [0.5, 0.6) is 0 Å². The van der Waals surface area contributed by atoms with Gasteiger partial charge in [0.2, 0.25) is 0 Å². The third-order valence-electron chi connectivity index (χ3n) is 5.35. The summed E-state index contributed by atoms with van der Waals surface area (Å²) in [5.41, 5.74) is 6.21. The molecule has 5 aromatic heterocycles. The predicted octanol–water partition coefficient (Wildman–Crippen LogP) is 6.39. The van der Waals surface area contributed by atoms with Gasteiger partial charge < -0.3 is 0 Å². The molecule has 7 aromatic rings. The van der Waals surface area contributed by atoms with Gasteiger partial charge in [-0.25, -0.2) is 0 Å². The van der Waals surface area contributed by atoms with Gasteiger partial charge in [-0.2, -0.15) is 0 Å². The van der Waals surface area contributed by atoms with E-state index in [1.807, 2.05) is 34.8 Å². The van der Waals surface area contributed by atoms with Gasteiger partial charge in [0, 0.05) is 0 Å². The Morgan fingerprint density at radius 1 is 0.581 bits per heavy atom. The molecule has 5 heterocycles. The first-order valence-electron chi connectivity index (χ1n) is 9.71. The van der Waals surface area contributed by atoms with Crippen LogP contribution in [-0.4, -0.2) is 40.4 Å². The van der Waals surface area contributed by atoms with E-state index in [0.29, 0.717) is 0 Å². The van der Waals surface area contributed by atoms with Crippen molar-refractivity contribution < 1.29 is 0 Å². The van der Waals surface area contributed by atoms with Gasteiger partial charge in [-0.05, 0) is 0 Å². The van der Waals surface area contributed by atoms with Crippen LogP contribution >= 0.6 is 22.7 Å². The van der Waals surface area contributed by atoms with Crippen LogP contribution in [0.15, 0.2) is 73.3 Å². The van der Waals surface area contributed by atoms with E-state index in [0.717, 1.165) is 22.1 Å². The van der Waals surface area contributed by atoms with Crippen molar-refractivity contribution in [2.75, 3.05) is 0 Å². The number of aromatic nitrogens is 4. The number of thiophene rings is 2. The van der Waals surface area contributed by atoms with Crippen molar-refractivity contribution in [3.63, 3.8) is 0 Å². The fourth-order valence-electron chi connectivity index (χ4n) is 3.98. The van der Waals surface area contributed by atoms with E-state index >= 15 is 0 Å². The normalized spacial score (nSPS) is 11.9. The number of fused-ring (bicyclic) bond motifs is 5. The van der Waals surface area contributed by atoms with Gasteiger partial charge in [-0.15, -0.1) is 0 Å². The fraction of sp³-hybridized carbons (Fsp3) is 0. The maximum absolute atomic E-state index is 4.60. The average Bonchev–Trinajstić information content (AvgIpc) is 3.49. The van der Waals surface area contributed by atoms with Crippen molar-refractivity contribution in [1.29, 1.82) is 0 Å². The Labute approximate surface area is 194 Å². The monoisotopic (exact) mass is 550 g/mol. The Morgan fingerprint density at radius 3 is 1.58 bits per heavy atom. The SMILES string of the molecule is c1cc(-c2cc3[te]c4cc(-c5cccc6nccnc56)sc4c3s2)c2nccnc2c1. The molecule has 0 aliphatic carbocycles. The van der Waals surface area contributed by atoms with Crippen LogP contribution in [0, 0.1) is 0 Å². The number of benzene rings is 2. The summed E-state index contributed by atoms with van der Waals surface area (Å²) in [6.07, 6.45) is 7.06. The van der Waals surface area contributed by atoms with Crippen molar-refractivity contribution in [3.05, 3.63) is 73.3 Å². The van der Waals surface area contributed by atoms with Crippen LogP contribution in [0.2, 0.25) is 0 Å². The molecule has 0 aliphatic rings. The molecule has 0 N–H and O–H groups in total. The Balaban J connectivity index is 1.42. The van der Waals surface area contributed by atoms with Crippen molar-refractivity contribution >= 4 is 81.4 Å². The molecule has 31 heavy (non-hydrogen) atoms. The standard InChI is InChI=1S/C24H12N4S2Te/c1-3-13(21-15(5-1)25-7-9-27-21)17-11-19-23(29-17)24-20(31-19)12-18(30-24)14-4-2-6-16-22(14)28-10-8-26-16/h1-12H. The molecular weight excluding hydrogens is 536 g/mol. The molecule has 7 rings (SSSR count). The number of hydrogen-bond donors (Lipinski definition) is 0. The van der Waals surface area contributed by atoms with Gasteiger partial charge in [0.05, 0.1) is 0 Å². The van der Waals surface area contributed by atoms with Crippen LogP contribution < -0.4 is 0 Å². The van der Waals surface area contributed by atoms with Gasteiger partial charge in [0.15, 0.2) is 0 Å². The van der Waals surface area contributed by atoms with Gasteiger partial charge in [-0.3, -0.25) is 0 Å². The Kier molecular flexibility index (Phi) is 4.00. The quantitative estimate of drug-likeness (QED) is 0.235. The molecule has 0 atom stereocenters. The molecular formula is C24H12N4S2Te. The molecule has 0 spiro atoms. The van der Waals surface area contributed by atoms with Gasteiger partial charge in [0.25, 0.3) is 0 Å². The van der Waals surface area contributed by atoms with Crippen molar-refractivity contribution in [2.24, 2.45) is 0 Å². The summed E-state index contributed by atoms with van der Waals surface area (Å²) >= 11 is 3.39. The third kappa shape index (κ3) is 2.78. The summed E-state index contributed by atoms with van der Waals surface area (Å²) in [7, 11) is 0. The molecule has 0 saturated carbocycles. The van der Waals surface area contributed by atoms with E-state index in [2.05, 4.69) is 56.3 Å². The molecule has 146 valence electrons. The second-order valence-electron chi connectivity index (χ2n) is 7.17. The summed E-state index contributed by atoms with van der Waals surface area (Å²) in [4.78, 5) is 20.7. The van der Waals surface area contributed by atoms with E-state index in [1.165, 1.54) is 37.1 Å². The van der Waals surface area contributed by atoms with Gasteiger partial charge in [-0.1, -0.05) is 0 Å². The molecule has 0 amide bonds. The van der Waals surface area contributed by atoms with Crippen LogP contribution in [0.1, 0.15) is 0 Å². The van der Waals surface area contributed by atoms with Gasteiger partial charge in [0.1, 0.15) is 0 Å². The first kappa shape index (κ1) is 17.9. The second-order valence-corrected chi connectivity index (χ2v) is 12.4. The number of nitrogens with zero attached hydrogens (tertiary/aromatic N) is 4. The third-order valence-corrected chi connectivity index (χ3v) is 11.8. The molecule has 2 aromatic carbocycles. The van der Waals surface area contributed by atoms with E-state index in [1.54, 1.807) is 24.8 Å². The minimum atomic E-state index is -0.389. The fourth-order valence-corrected chi connectivity index (χ4v) is 11.2. The molecule has 0 bridgehead atoms. The molecule has 7 heteroatoms. The van der Waals surface area contributed by atoms with Crippen LogP contribution in [-0.2, 0) is 0 Å². The average molecular weight is 548 g/mol. The first-order valence-corrected chi connectivity index (χ1v) is 13.7. The Morgan fingerprint density at radius 2 is 1.06 bits per heavy atom. The summed E-state index contributed by atoms with van der Waals surface area (Å²) < 4.78 is 5.96. The van der Waals surface area contributed by atoms with Gasteiger partial charge >= 0.3 is 196 Å². The Hall–Kier alpha value is -2.69. The van der Waals surface area contributed by atoms with E-state index < -0.39 is 0 Å². The van der Waals surface area contributed by atoms with E-state index in [9.17, 15) is 0 Å².